The molecule has 1 saturated carbocycles. The lowest BCUT2D eigenvalue weighted by molar-refractivity contribution is 0.152. The van der Waals surface area contributed by atoms with Gasteiger partial charge in [-0.2, -0.15) is 0 Å². The summed E-state index contributed by atoms with van der Waals surface area (Å²) in [4.78, 5) is 1.42. The van der Waals surface area contributed by atoms with E-state index in [1.54, 1.807) is 0 Å². The highest BCUT2D eigenvalue weighted by Crippen LogP contribution is 2.40. The van der Waals surface area contributed by atoms with Crippen molar-refractivity contribution >= 4 is 27.3 Å². The Labute approximate surface area is 104 Å². The lowest BCUT2D eigenvalue weighted by Crippen LogP contribution is -2.38. The number of rotatable bonds is 4. The molecule has 1 aliphatic carbocycles. The second kappa shape index (κ2) is 4.56. The summed E-state index contributed by atoms with van der Waals surface area (Å²) in [5, 5.41) is 3.64. The van der Waals surface area contributed by atoms with E-state index in [1.807, 2.05) is 11.3 Å². The van der Waals surface area contributed by atoms with Crippen LogP contribution in [0.5, 0.6) is 0 Å². The molecule has 1 fully saturated rings. The summed E-state index contributed by atoms with van der Waals surface area (Å²) in [5.74, 6) is 0. The Hall–Kier alpha value is 0.140. The van der Waals surface area contributed by atoms with Crippen molar-refractivity contribution in [2.75, 3.05) is 6.54 Å². The van der Waals surface area contributed by atoms with Crippen LogP contribution < -0.4 is 5.32 Å². The minimum absolute atomic E-state index is 0.485. The van der Waals surface area contributed by atoms with Gasteiger partial charge in [0.1, 0.15) is 0 Å². The van der Waals surface area contributed by atoms with E-state index >= 15 is 0 Å². The fourth-order valence-electron chi connectivity index (χ4n) is 2.02. The summed E-state index contributed by atoms with van der Waals surface area (Å²) < 4.78 is 1.22. The summed E-state index contributed by atoms with van der Waals surface area (Å²) in [7, 11) is 0. The van der Waals surface area contributed by atoms with Crippen molar-refractivity contribution < 1.29 is 0 Å². The Morgan fingerprint density at radius 1 is 1.53 bits per heavy atom. The molecular formula is C12H18BrNS. The highest BCUT2D eigenvalue weighted by Gasteiger charge is 2.31. The Morgan fingerprint density at radius 3 is 2.73 bits per heavy atom. The molecule has 0 spiro atoms. The zero-order valence-corrected chi connectivity index (χ0v) is 11.7. The first kappa shape index (κ1) is 11.6. The molecule has 0 radical (unpaired) electrons. The van der Waals surface area contributed by atoms with E-state index < -0.39 is 0 Å². The molecule has 0 aliphatic heterocycles. The van der Waals surface area contributed by atoms with Gasteiger partial charge >= 0.3 is 0 Å². The molecule has 0 amide bonds. The fraction of sp³-hybridized carbons (Fsp3) is 0.667. The second-order valence-electron chi connectivity index (χ2n) is 4.91. The standard InChI is InChI=1S/C12H18BrNS/c1-9(10-4-5-11(13)15-10)14-8-12(2)6-3-7-12/h4-5,9,14H,3,6-8H2,1-2H3. The van der Waals surface area contributed by atoms with Gasteiger partial charge in [-0.15, -0.1) is 11.3 Å². The van der Waals surface area contributed by atoms with Gasteiger partial charge in [0.2, 0.25) is 0 Å². The van der Waals surface area contributed by atoms with E-state index in [4.69, 9.17) is 0 Å². The zero-order valence-electron chi connectivity index (χ0n) is 9.35. The average molecular weight is 288 g/mol. The first-order valence-electron chi connectivity index (χ1n) is 5.58. The summed E-state index contributed by atoms with van der Waals surface area (Å²) in [6.45, 7) is 5.80. The third kappa shape index (κ3) is 2.83. The number of nitrogens with one attached hydrogen (secondary N) is 1. The molecule has 1 heterocycles. The van der Waals surface area contributed by atoms with E-state index in [-0.39, 0.29) is 0 Å². The molecule has 1 aromatic rings. The number of thiophene rings is 1. The summed E-state index contributed by atoms with van der Waals surface area (Å²) in [5.41, 5.74) is 0.572. The predicted molar refractivity (Wildman–Crippen MR) is 70.4 cm³/mol. The third-order valence-corrected chi connectivity index (χ3v) is 5.22. The summed E-state index contributed by atoms with van der Waals surface area (Å²) in [6, 6.07) is 4.82. The summed E-state index contributed by atoms with van der Waals surface area (Å²) in [6.07, 6.45) is 4.19. The van der Waals surface area contributed by atoms with Gasteiger partial charge in [0, 0.05) is 17.5 Å². The first-order chi connectivity index (χ1) is 7.09. The van der Waals surface area contributed by atoms with Crippen molar-refractivity contribution in [2.24, 2.45) is 5.41 Å². The molecule has 1 N–H and O–H groups in total. The molecule has 0 saturated heterocycles. The Bertz CT molecular complexity index is 330. The molecule has 15 heavy (non-hydrogen) atoms. The SMILES string of the molecule is CC(NCC1(C)CCC1)c1ccc(Br)s1. The lowest BCUT2D eigenvalue weighted by Gasteiger charge is -2.39. The smallest absolute Gasteiger partial charge is 0.0701 e. The number of hydrogen-bond donors (Lipinski definition) is 1. The molecule has 84 valence electrons. The maximum absolute atomic E-state index is 3.64. The van der Waals surface area contributed by atoms with Crippen molar-refractivity contribution in [3.63, 3.8) is 0 Å². The molecule has 1 unspecified atom stereocenters. The van der Waals surface area contributed by atoms with Crippen LogP contribution in [0.15, 0.2) is 15.9 Å². The molecule has 2 rings (SSSR count). The van der Waals surface area contributed by atoms with Crippen LogP contribution in [0.2, 0.25) is 0 Å². The van der Waals surface area contributed by atoms with E-state index in [1.165, 1.54) is 27.9 Å². The van der Waals surface area contributed by atoms with E-state index in [9.17, 15) is 0 Å². The normalized spacial score (nSPS) is 21.0. The van der Waals surface area contributed by atoms with Gasteiger partial charge in [0.15, 0.2) is 0 Å². The highest BCUT2D eigenvalue weighted by molar-refractivity contribution is 9.11. The number of halogens is 1. The van der Waals surface area contributed by atoms with Crippen LogP contribution in [0.25, 0.3) is 0 Å². The largest absolute Gasteiger partial charge is 0.309 e. The Morgan fingerprint density at radius 2 is 2.27 bits per heavy atom. The van der Waals surface area contributed by atoms with Crippen molar-refractivity contribution in [3.05, 3.63) is 20.8 Å². The Kier molecular flexibility index (Phi) is 3.53. The van der Waals surface area contributed by atoms with Crippen molar-refractivity contribution in [3.8, 4) is 0 Å². The van der Waals surface area contributed by atoms with Crippen LogP contribution in [0, 0.1) is 5.41 Å². The predicted octanol–water partition coefficient (Wildman–Crippen LogP) is 4.35. The zero-order chi connectivity index (χ0) is 10.9. The van der Waals surface area contributed by atoms with Crippen LogP contribution in [-0.4, -0.2) is 6.54 Å². The first-order valence-corrected chi connectivity index (χ1v) is 7.19. The van der Waals surface area contributed by atoms with Gasteiger partial charge in [0.25, 0.3) is 0 Å². The summed E-state index contributed by atoms with van der Waals surface area (Å²) >= 11 is 5.33. The van der Waals surface area contributed by atoms with Crippen LogP contribution in [0.1, 0.15) is 44.0 Å². The third-order valence-electron chi connectivity index (χ3n) is 3.42. The minimum Gasteiger partial charge on any atom is -0.309 e. The van der Waals surface area contributed by atoms with Gasteiger partial charge in [-0.1, -0.05) is 13.3 Å². The minimum atomic E-state index is 0.485. The van der Waals surface area contributed by atoms with E-state index in [2.05, 4.69) is 47.2 Å². The van der Waals surface area contributed by atoms with E-state index in [0.717, 1.165) is 6.54 Å². The highest BCUT2D eigenvalue weighted by atomic mass is 79.9. The fourth-order valence-corrected chi connectivity index (χ4v) is 3.47. The van der Waals surface area contributed by atoms with Crippen LogP contribution >= 0.6 is 27.3 Å². The molecule has 0 bridgehead atoms. The molecule has 3 heteroatoms. The maximum Gasteiger partial charge on any atom is 0.0701 e. The molecule has 1 aromatic heterocycles. The maximum atomic E-state index is 3.64. The van der Waals surface area contributed by atoms with Crippen LogP contribution in [0.4, 0.5) is 0 Å². The average Bonchev–Trinajstić information content (AvgIpc) is 2.58. The Balaban J connectivity index is 1.84. The van der Waals surface area contributed by atoms with Gasteiger partial charge < -0.3 is 5.32 Å². The topological polar surface area (TPSA) is 12.0 Å². The second-order valence-corrected chi connectivity index (χ2v) is 7.40. The van der Waals surface area contributed by atoms with Gasteiger partial charge in [-0.25, -0.2) is 0 Å². The van der Waals surface area contributed by atoms with Crippen molar-refractivity contribution in [2.45, 2.75) is 39.2 Å². The van der Waals surface area contributed by atoms with Crippen molar-refractivity contribution in [1.29, 1.82) is 0 Å². The van der Waals surface area contributed by atoms with Crippen molar-refractivity contribution in [1.82, 2.24) is 5.32 Å². The van der Waals surface area contributed by atoms with Gasteiger partial charge in [0.05, 0.1) is 3.79 Å². The van der Waals surface area contributed by atoms with E-state index in [0.29, 0.717) is 11.5 Å². The number of hydrogen-bond acceptors (Lipinski definition) is 2. The quantitative estimate of drug-likeness (QED) is 0.868. The van der Waals surface area contributed by atoms with Crippen LogP contribution in [-0.2, 0) is 0 Å². The molecule has 0 aromatic carbocycles. The molecule has 1 aliphatic rings. The van der Waals surface area contributed by atoms with Gasteiger partial charge in [-0.05, 0) is 53.2 Å². The van der Waals surface area contributed by atoms with Crippen LogP contribution in [0.3, 0.4) is 0 Å². The molecule has 1 nitrogen and oxygen atoms in total. The lowest BCUT2D eigenvalue weighted by atomic mass is 9.70. The monoisotopic (exact) mass is 287 g/mol. The van der Waals surface area contributed by atoms with Gasteiger partial charge in [-0.3, -0.25) is 0 Å². The molecule has 1 atom stereocenters. The molecular weight excluding hydrogens is 270 g/mol.